The highest BCUT2D eigenvalue weighted by atomic mass is 35.5. The van der Waals surface area contributed by atoms with Gasteiger partial charge in [0.2, 0.25) is 0 Å². The number of carbonyl (C=O) groups excluding carboxylic acids is 1. The van der Waals surface area contributed by atoms with Crippen molar-refractivity contribution < 1.29 is 18.3 Å². The van der Waals surface area contributed by atoms with Gasteiger partial charge in [-0.15, -0.1) is 0 Å². The molecule has 0 heterocycles. The van der Waals surface area contributed by atoms with Crippen molar-refractivity contribution in [2.45, 2.75) is 6.61 Å². The average molecular weight is 207 g/mol. The minimum absolute atomic E-state index is 0.0819. The van der Waals surface area contributed by atoms with Gasteiger partial charge in [-0.3, -0.25) is 4.79 Å². The molecule has 5 heteroatoms. The first kappa shape index (κ1) is 9.92. The van der Waals surface area contributed by atoms with Gasteiger partial charge in [0.25, 0.3) is 5.24 Å². The molecule has 0 spiro atoms. The molecular weight excluding hydrogens is 202 g/mol. The van der Waals surface area contributed by atoms with E-state index in [-0.39, 0.29) is 11.3 Å². The van der Waals surface area contributed by atoms with Crippen LogP contribution in [0.4, 0.5) is 8.78 Å². The monoisotopic (exact) mass is 206 g/mol. The van der Waals surface area contributed by atoms with Crippen LogP contribution in [0.25, 0.3) is 0 Å². The Hall–Kier alpha value is -1.16. The van der Waals surface area contributed by atoms with E-state index in [0.29, 0.717) is 0 Å². The Bertz CT molecular complexity index is 315. The fraction of sp³-hybridized carbons (Fsp3) is 0.125. The maximum absolute atomic E-state index is 11.7. The molecule has 0 aliphatic heterocycles. The quantitative estimate of drug-likeness (QED) is 0.711. The third kappa shape index (κ3) is 2.99. The van der Waals surface area contributed by atoms with E-state index in [1.807, 2.05) is 0 Å². The van der Waals surface area contributed by atoms with Gasteiger partial charge < -0.3 is 4.74 Å². The molecule has 0 saturated heterocycles. The Morgan fingerprint density at radius 2 is 2.15 bits per heavy atom. The van der Waals surface area contributed by atoms with Crippen molar-refractivity contribution in [3.63, 3.8) is 0 Å². The summed E-state index contributed by atoms with van der Waals surface area (Å²) in [6.07, 6.45) is 0. The van der Waals surface area contributed by atoms with Crippen molar-refractivity contribution in [2.75, 3.05) is 0 Å². The van der Waals surface area contributed by atoms with Crippen LogP contribution in [0, 0.1) is 0 Å². The van der Waals surface area contributed by atoms with E-state index in [4.69, 9.17) is 11.6 Å². The predicted octanol–water partition coefficient (Wildman–Crippen LogP) is 2.67. The number of benzene rings is 1. The van der Waals surface area contributed by atoms with Crippen LogP contribution in [0.1, 0.15) is 10.4 Å². The van der Waals surface area contributed by atoms with E-state index in [9.17, 15) is 13.6 Å². The molecule has 0 N–H and O–H groups in total. The van der Waals surface area contributed by atoms with Crippen molar-refractivity contribution in [1.29, 1.82) is 0 Å². The Morgan fingerprint density at radius 1 is 1.46 bits per heavy atom. The molecule has 0 atom stereocenters. The van der Waals surface area contributed by atoms with Gasteiger partial charge >= 0.3 is 6.61 Å². The lowest BCUT2D eigenvalue weighted by Crippen LogP contribution is -2.02. The molecule has 0 radical (unpaired) electrons. The maximum atomic E-state index is 11.7. The van der Waals surface area contributed by atoms with E-state index >= 15 is 0 Å². The Labute approximate surface area is 78.1 Å². The van der Waals surface area contributed by atoms with Gasteiger partial charge in [0.05, 0.1) is 0 Å². The van der Waals surface area contributed by atoms with Crippen LogP contribution in [0.3, 0.4) is 0 Å². The van der Waals surface area contributed by atoms with Crippen LogP contribution in [0.2, 0.25) is 0 Å². The zero-order valence-electron chi connectivity index (χ0n) is 6.34. The molecule has 0 unspecified atom stereocenters. The first-order valence-corrected chi connectivity index (χ1v) is 3.72. The molecule has 0 aromatic heterocycles. The van der Waals surface area contributed by atoms with E-state index < -0.39 is 11.9 Å². The molecule has 2 nitrogen and oxygen atoms in total. The summed E-state index contributed by atoms with van der Waals surface area (Å²) in [4.78, 5) is 10.6. The van der Waals surface area contributed by atoms with Gasteiger partial charge in [0.1, 0.15) is 5.75 Å². The number of halogens is 3. The first-order valence-electron chi connectivity index (χ1n) is 3.34. The highest BCUT2D eigenvalue weighted by Gasteiger charge is 2.06. The van der Waals surface area contributed by atoms with Crippen LogP contribution < -0.4 is 4.74 Å². The van der Waals surface area contributed by atoms with Crippen molar-refractivity contribution in [2.24, 2.45) is 0 Å². The lowest BCUT2D eigenvalue weighted by Gasteiger charge is -2.03. The molecule has 0 bridgehead atoms. The minimum Gasteiger partial charge on any atom is -0.435 e. The largest absolute Gasteiger partial charge is 0.435 e. The fourth-order valence-electron chi connectivity index (χ4n) is 0.795. The molecule has 0 aliphatic carbocycles. The van der Waals surface area contributed by atoms with E-state index in [0.717, 1.165) is 6.07 Å². The second kappa shape index (κ2) is 4.18. The Balaban J connectivity index is 2.85. The Kier molecular flexibility index (Phi) is 3.19. The van der Waals surface area contributed by atoms with Gasteiger partial charge in [-0.25, -0.2) is 0 Å². The van der Waals surface area contributed by atoms with Crippen molar-refractivity contribution in [3.8, 4) is 5.75 Å². The summed E-state index contributed by atoms with van der Waals surface area (Å²) < 4.78 is 27.5. The average Bonchev–Trinajstić information content (AvgIpc) is 2.03. The van der Waals surface area contributed by atoms with Crippen LogP contribution in [-0.2, 0) is 0 Å². The standard InChI is InChI=1S/C8H5ClF2O2/c9-7(12)5-2-1-3-6(4-5)13-8(10)11/h1-4,8H. The van der Waals surface area contributed by atoms with Gasteiger partial charge in [-0.2, -0.15) is 8.78 Å². The minimum atomic E-state index is -2.90. The third-order valence-corrected chi connectivity index (χ3v) is 1.50. The number of rotatable bonds is 3. The highest BCUT2D eigenvalue weighted by Crippen LogP contribution is 2.16. The van der Waals surface area contributed by atoms with Gasteiger partial charge in [-0.1, -0.05) is 6.07 Å². The molecule has 1 aromatic rings. The summed E-state index contributed by atoms with van der Waals surface area (Å²) in [5, 5.41) is -0.709. The number of hydrogen-bond acceptors (Lipinski definition) is 2. The fourth-order valence-corrected chi connectivity index (χ4v) is 0.912. The van der Waals surface area contributed by atoms with Crippen molar-refractivity contribution >= 4 is 16.8 Å². The highest BCUT2D eigenvalue weighted by molar-refractivity contribution is 6.67. The molecule has 1 rings (SSSR count). The van der Waals surface area contributed by atoms with E-state index in [1.165, 1.54) is 18.2 Å². The SMILES string of the molecule is O=C(Cl)c1cccc(OC(F)F)c1. The smallest absolute Gasteiger partial charge is 0.387 e. The molecular formula is C8H5ClF2O2. The molecule has 0 amide bonds. The van der Waals surface area contributed by atoms with Crippen LogP contribution in [-0.4, -0.2) is 11.9 Å². The molecule has 0 fully saturated rings. The van der Waals surface area contributed by atoms with Crippen LogP contribution in [0.15, 0.2) is 24.3 Å². The second-order valence-corrected chi connectivity index (χ2v) is 2.52. The molecule has 13 heavy (non-hydrogen) atoms. The second-order valence-electron chi connectivity index (χ2n) is 2.18. The lowest BCUT2D eigenvalue weighted by molar-refractivity contribution is -0.0498. The first-order chi connectivity index (χ1) is 6.09. The molecule has 1 aromatic carbocycles. The van der Waals surface area contributed by atoms with Gasteiger partial charge in [-0.05, 0) is 29.8 Å². The van der Waals surface area contributed by atoms with Crippen LogP contribution in [0.5, 0.6) is 5.75 Å². The van der Waals surface area contributed by atoms with Gasteiger partial charge in [0, 0.05) is 5.56 Å². The number of hydrogen-bond donors (Lipinski definition) is 0. The van der Waals surface area contributed by atoms with Crippen LogP contribution >= 0.6 is 11.6 Å². The summed E-state index contributed by atoms with van der Waals surface area (Å²) in [5.41, 5.74) is 0.125. The third-order valence-electron chi connectivity index (χ3n) is 1.29. The van der Waals surface area contributed by atoms with Gasteiger partial charge in [0.15, 0.2) is 0 Å². The summed E-state index contributed by atoms with van der Waals surface area (Å²) in [5.74, 6) is -0.0819. The predicted molar refractivity (Wildman–Crippen MR) is 43.3 cm³/mol. The number of carbonyl (C=O) groups is 1. The summed E-state index contributed by atoms with van der Waals surface area (Å²) in [6, 6.07) is 5.29. The van der Waals surface area contributed by atoms with E-state index in [2.05, 4.69) is 4.74 Å². The number of ether oxygens (including phenoxy) is 1. The van der Waals surface area contributed by atoms with Crippen molar-refractivity contribution in [3.05, 3.63) is 29.8 Å². The topological polar surface area (TPSA) is 26.3 Å². The summed E-state index contributed by atoms with van der Waals surface area (Å²) >= 11 is 5.13. The Morgan fingerprint density at radius 3 is 2.69 bits per heavy atom. The van der Waals surface area contributed by atoms with E-state index in [1.54, 1.807) is 0 Å². The maximum Gasteiger partial charge on any atom is 0.387 e. The number of alkyl halides is 2. The molecule has 0 aliphatic rings. The van der Waals surface area contributed by atoms with Crippen molar-refractivity contribution in [1.82, 2.24) is 0 Å². The summed E-state index contributed by atoms with van der Waals surface area (Å²) in [6.45, 7) is -2.90. The normalized spacial score (nSPS) is 10.2. The summed E-state index contributed by atoms with van der Waals surface area (Å²) in [7, 11) is 0. The zero-order chi connectivity index (χ0) is 9.84. The zero-order valence-corrected chi connectivity index (χ0v) is 7.09. The lowest BCUT2D eigenvalue weighted by atomic mass is 10.2. The molecule has 0 saturated carbocycles. The molecule has 70 valence electrons.